The smallest absolute Gasteiger partial charge is 0.223 e. The van der Waals surface area contributed by atoms with E-state index in [1.54, 1.807) is 11.8 Å². The lowest BCUT2D eigenvalue weighted by Gasteiger charge is -2.63. The number of alkyl halides is 2. The van der Waals surface area contributed by atoms with Crippen LogP contribution in [0.15, 0.2) is 23.8 Å². The molecule has 5 fully saturated rings. The van der Waals surface area contributed by atoms with Gasteiger partial charge in [0.05, 0.1) is 12.2 Å². The van der Waals surface area contributed by atoms with Crippen LogP contribution in [0.5, 0.6) is 0 Å². The predicted octanol–water partition coefficient (Wildman–Crippen LogP) is 2.98. The molecule has 10 heteroatoms. The van der Waals surface area contributed by atoms with Crippen LogP contribution in [0.3, 0.4) is 0 Å². The van der Waals surface area contributed by atoms with Gasteiger partial charge >= 0.3 is 0 Å². The molecule has 8 nitrogen and oxygen atoms in total. The maximum absolute atomic E-state index is 17.6. The summed E-state index contributed by atoms with van der Waals surface area (Å²) in [6.07, 6.45) is 0.783. The second-order valence-electron chi connectivity index (χ2n) is 13.3. The molecule has 226 valence electrons. The number of ketones is 2. The Morgan fingerprint density at radius 1 is 1.17 bits per heavy atom. The summed E-state index contributed by atoms with van der Waals surface area (Å²) in [7, 11) is 0. The van der Waals surface area contributed by atoms with Crippen LogP contribution < -0.4 is 5.32 Å². The Hall–Kier alpha value is -2.01. The first-order chi connectivity index (χ1) is 19.4. The maximum Gasteiger partial charge on any atom is 0.223 e. The third kappa shape index (κ3) is 3.92. The van der Waals surface area contributed by atoms with Crippen LogP contribution in [0, 0.1) is 22.7 Å². The van der Waals surface area contributed by atoms with Gasteiger partial charge in [-0.2, -0.15) is 0 Å². The molecule has 10 atom stereocenters. The largest absolute Gasteiger partial charge is 0.390 e. The summed E-state index contributed by atoms with van der Waals surface area (Å²) >= 11 is 0. The van der Waals surface area contributed by atoms with Gasteiger partial charge in [0.15, 0.2) is 29.1 Å². The van der Waals surface area contributed by atoms with Crippen molar-refractivity contribution in [3.8, 4) is 0 Å². The number of aliphatic hydroxyl groups excluding tert-OH is 1. The van der Waals surface area contributed by atoms with Gasteiger partial charge in [-0.3, -0.25) is 14.4 Å². The van der Waals surface area contributed by atoms with E-state index in [4.69, 9.17) is 9.47 Å². The van der Waals surface area contributed by atoms with Crippen molar-refractivity contribution < 1.29 is 37.7 Å². The molecule has 0 aromatic rings. The van der Waals surface area contributed by atoms with Gasteiger partial charge in [0.1, 0.15) is 6.17 Å². The highest BCUT2D eigenvalue weighted by atomic mass is 19.1. The number of aliphatic hydroxyl groups is 1. The van der Waals surface area contributed by atoms with Crippen molar-refractivity contribution in [1.29, 1.82) is 0 Å². The molecule has 2 heterocycles. The number of carbonyl (C=O) groups is 3. The summed E-state index contributed by atoms with van der Waals surface area (Å²) in [6, 6.07) is 0. The molecule has 6 rings (SSSR count). The molecule has 2 N–H and O–H groups in total. The van der Waals surface area contributed by atoms with Gasteiger partial charge in [-0.15, -0.1) is 0 Å². The summed E-state index contributed by atoms with van der Waals surface area (Å²) in [6.45, 7) is 8.01. The van der Waals surface area contributed by atoms with Crippen LogP contribution >= 0.6 is 0 Å². The number of ether oxygens (including phenoxy) is 2. The van der Waals surface area contributed by atoms with E-state index in [-0.39, 0.29) is 42.9 Å². The number of nitrogens with one attached hydrogen (secondary N) is 1. The van der Waals surface area contributed by atoms with Crippen molar-refractivity contribution in [2.45, 2.75) is 102 Å². The van der Waals surface area contributed by atoms with Crippen LogP contribution in [-0.2, 0) is 23.9 Å². The minimum atomic E-state index is -2.24. The van der Waals surface area contributed by atoms with Crippen molar-refractivity contribution >= 4 is 17.5 Å². The minimum absolute atomic E-state index is 0.0342. The van der Waals surface area contributed by atoms with E-state index in [1.165, 1.54) is 18.2 Å². The topological polar surface area (TPSA) is 105 Å². The average molecular weight is 577 g/mol. The number of halogens is 2. The minimum Gasteiger partial charge on any atom is -0.390 e. The van der Waals surface area contributed by atoms with E-state index in [1.807, 2.05) is 13.8 Å². The second kappa shape index (κ2) is 10.0. The zero-order valence-corrected chi connectivity index (χ0v) is 24.2. The fourth-order valence-corrected chi connectivity index (χ4v) is 9.36. The zero-order valence-electron chi connectivity index (χ0n) is 24.2. The quantitative estimate of drug-likeness (QED) is 0.501. The van der Waals surface area contributed by atoms with E-state index in [9.17, 15) is 19.5 Å². The molecule has 0 bridgehead atoms. The van der Waals surface area contributed by atoms with Gasteiger partial charge in [0, 0.05) is 55.8 Å². The van der Waals surface area contributed by atoms with Crippen LogP contribution in [0.1, 0.15) is 65.7 Å². The van der Waals surface area contributed by atoms with Gasteiger partial charge in [0.2, 0.25) is 5.91 Å². The van der Waals surface area contributed by atoms with E-state index >= 15 is 8.78 Å². The number of fused-ring (bicyclic) bond motifs is 7. The molecule has 0 aromatic heterocycles. The molecular formula is C31H42F2N2O6. The van der Waals surface area contributed by atoms with E-state index in [0.717, 1.165) is 6.42 Å². The molecule has 3 saturated carbocycles. The molecule has 6 aliphatic rings. The van der Waals surface area contributed by atoms with E-state index < -0.39 is 64.4 Å². The van der Waals surface area contributed by atoms with Gasteiger partial charge < -0.3 is 24.8 Å². The van der Waals surface area contributed by atoms with Crippen LogP contribution in [0.2, 0.25) is 0 Å². The van der Waals surface area contributed by atoms with Gasteiger partial charge in [-0.05, 0) is 56.3 Å². The molecule has 2 aliphatic heterocycles. The lowest BCUT2D eigenvalue weighted by molar-refractivity contribution is -0.234. The Morgan fingerprint density at radius 2 is 1.90 bits per heavy atom. The summed E-state index contributed by atoms with van der Waals surface area (Å²) < 4.78 is 46.3. The molecule has 2 saturated heterocycles. The Bertz CT molecular complexity index is 1190. The highest BCUT2D eigenvalue weighted by Gasteiger charge is 2.79. The van der Waals surface area contributed by atoms with E-state index in [0.29, 0.717) is 39.0 Å². The van der Waals surface area contributed by atoms with Gasteiger partial charge in [-0.25, -0.2) is 8.78 Å². The van der Waals surface area contributed by atoms with E-state index in [2.05, 4.69) is 5.32 Å². The summed E-state index contributed by atoms with van der Waals surface area (Å²) in [5, 5.41) is 14.9. The number of hydrogen-bond acceptors (Lipinski definition) is 7. The van der Waals surface area contributed by atoms with Gasteiger partial charge in [-0.1, -0.05) is 26.3 Å². The molecule has 41 heavy (non-hydrogen) atoms. The average Bonchev–Trinajstić information content (AvgIpc) is 3.43. The first-order valence-electron chi connectivity index (χ1n) is 15.2. The highest BCUT2D eigenvalue weighted by molar-refractivity contribution is 6.01. The number of nitrogens with zero attached hydrogens (tertiary/aromatic N) is 1. The molecular weight excluding hydrogens is 534 g/mol. The number of amides is 1. The molecule has 0 aromatic carbocycles. The monoisotopic (exact) mass is 576 g/mol. The Kier molecular flexibility index (Phi) is 7.11. The maximum atomic E-state index is 17.6. The second-order valence-corrected chi connectivity index (χ2v) is 13.3. The number of Topliss-reactive ketones (excluding diaryl/α,β-unsaturated/α-hetero) is 1. The normalized spacial score (nSPS) is 46.8. The molecule has 4 aliphatic carbocycles. The summed E-state index contributed by atoms with van der Waals surface area (Å²) in [5.74, 6) is -2.20. The van der Waals surface area contributed by atoms with Crippen LogP contribution in [-0.4, -0.2) is 89.6 Å². The van der Waals surface area contributed by atoms with Gasteiger partial charge in [0.25, 0.3) is 0 Å². The van der Waals surface area contributed by atoms with Crippen LogP contribution in [0.4, 0.5) is 8.78 Å². The number of allylic oxidation sites excluding steroid dienone is 4. The molecule has 0 spiro atoms. The zero-order chi connectivity index (χ0) is 29.4. The van der Waals surface area contributed by atoms with Crippen molar-refractivity contribution in [2.75, 3.05) is 26.2 Å². The van der Waals surface area contributed by atoms with Crippen molar-refractivity contribution in [3.63, 3.8) is 0 Å². The number of hydrogen-bond donors (Lipinski definition) is 2. The number of rotatable bonds is 6. The lowest BCUT2D eigenvalue weighted by atomic mass is 9.44. The highest BCUT2D eigenvalue weighted by Crippen LogP contribution is 2.72. The fraction of sp³-hybridized carbons (Fsp3) is 0.774. The molecule has 2 unspecified atom stereocenters. The third-order valence-corrected chi connectivity index (χ3v) is 11.4. The van der Waals surface area contributed by atoms with Crippen molar-refractivity contribution in [3.05, 3.63) is 23.8 Å². The molecule has 0 radical (unpaired) electrons. The van der Waals surface area contributed by atoms with Crippen molar-refractivity contribution in [1.82, 2.24) is 10.2 Å². The Balaban J connectivity index is 1.35. The number of carbonyl (C=O) groups excluding carboxylic acids is 3. The van der Waals surface area contributed by atoms with Crippen LogP contribution in [0.25, 0.3) is 0 Å². The summed E-state index contributed by atoms with van der Waals surface area (Å²) in [5.41, 5.74) is -6.18. The Morgan fingerprint density at radius 3 is 2.61 bits per heavy atom. The fourth-order valence-electron chi connectivity index (χ4n) is 9.36. The third-order valence-electron chi connectivity index (χ3n) is 11.4. The number of piperazine rings is 1. The standard InChI is InChI=1S/C31H42F2N2O6/c1-4-5-27-40-25-16-19-20-15-22(32)21-14-18(36)8-9-28(21,2)30(20,33)24(38)17-29(19,3)31(25,41-27)23(37)6-7-26(39)35-12-10-34-11-13-35/h8-9,14,19-20,22,24-25,27,34,38H,4-7,10-13,15-17H2,1-3H3/t19-,20-,22-,24-,25?,27?,28-,29-,30-,31+/m0/s1. The summed E-state index contributed by atoms with van der Waals surface area (Å²) in [4.78, 5) is 41.1. The predicted molar refractivity (Wildman–Crippen MR) is 145 cm³/mol. The van der Waals surface area contributed by atoms with Crippen molar-refractivity contribution in [2.24, 2.45) is 22.7 Å². The molecule has 1 amide bonds. The first kappa shape index (κ1) is 29.1. The first-order valence-corrected chi connectivity index (χ1v) is 15.2. The Labute approximate surface area is 239 Å². The SMILES string of the molecule is CCCC1OC2C[C@H]3[C@@H]4C[C@H](F)C5=CC(=O)C=C[C@]5(C)[C@@]4(F)[C@@H](O)C[C@]3(C)[C@]2(C(=O)CCC(=O)N2CCNCC2)O1. The lowest BCUT2D eigenvalue weighted by Crippen LogP contribution is -2.70.